The summed E-state index contributed by atoms with van der Waals surface area (Å²) < 4.78 is 11.1. The average Bonchev–Trinajstić information content (AvgIpc) is 3.58. The molecule has 12 heteroatoms. The lowest BCUT2D eigenvalue weighted by molar-refractivity contribution is -0.135. The normalized spacial score (nSPS) is 21.6. The summed E-state index contributed by atoms with van der Waals surface area (Å²) in [5, 5.41) is 14.3. The van der Waals surface area contributed by atoms with Gasteiger partial charge in [-0.05, 0) is 59.6 Å². The number of likely N-dealkylation sites (tertiary alicyclic amines) is 2. The third kappa shape index (κ3) is 6.45. The molecule has 3 aliphatic rings. The van der Waals surface area contributed by atoms with Gasteiger partial charge in [0.1, 0.15) is 10.5 Å². The molecule has 0 saturated carbocycles. The zero-order valence-corrected chi connectivity index (χ0v) is 25.8. The lowest BCUT2D eigenvalue weighted by Gasteiger charge is -2.50. The van der Waals surface area contributed by atoms with E-state index in [1.54, 1.807) is 29.2 Å². The molecule has 0 radical (unpaired) electrons. The van der Waals surface area contributed by atoms with Crippen LogP contribution in [0.5, 0.6) is 0 Å². The van der Waals surface area contributed by atoms with Crippen molar-refractivity contribution in [3.63, 3.8) is 0 Å². The first kappa shape index (κ1) is 30.4. The summed E-state index contributed by atoms with van der Waals surface area (Å²) in [6.07, 6.45) is 2.84. The summed E-state index contributed by atoms with van der Waals surface area (Å²) in [7, 11) is 0. The van der Waals surface area contributed by atoms with E-state index in [0.29, 0.717) is 30.3 Å². The van der Waals surface area contributed by atoms with Gasteiger partial charge in [0.25, 0.3) is 5.91 Å². The number of hydrogen-bond donors (Lipinski definition) is 2. The Morgan fingerprint density at radius 1 is 1.12 bits per heavy atom. The van der Waals surface area contributed by atoms with Crippen molar-refractivity contribution in [2.75, 3.05) is 39.4 Å². The number of ether oxygens (including phenoxy) is 2. The van der Waals surface area contributed by atoms with Crippen LogP contribution >= 0.6 is 11.3 Å². The molecule has 0 aliphatic carbocycles. The van der Waals surface area contributed by atoms with Crippen LogP contribution in [0, 0.1) is 11.3 Å². The van der Waals surface area contributed by atoms with Gasteiger partial charge in [-0.2, -0.15) is 0 Å². The fourth-order valence-electron chi connectivity index (χ4n) is 6.16. The Balaban J connectivity index is 1.38. The van der Waals surface area contributed by atoms with Gasteiger partial charge in [0.05, 0.1) is 35.0 Å². The SMILES string of the molecule is CC(C)(C)OC(=O)N1CC2(C1)CN(C(=O)c1cncs1)C[C@H]2C(=O)NC(c1cccc(C2CCOCC2)n1)C(C)(C)O. The van der Waals surface area contributed by atoms with Crippen LogP contribution in [0.15, 0.2) is 29.9 Å². The Labute approximate surface area is 250 Å². The van der Waals surface area contributed by atoms with Crippen LogP contribution in [0.25, 0.3) is 0 Å². The molecule has 2 aromatic heterocycles. The highest BCUT2D eigenvalue weighted by atomic mass is 32.1. The molecule has 2 aromatic rings. The minimum atomic E-state index is -1.32. The van der Waals surface area contributed by atoms with Crippen LogP contribution in [0.4, 0.5) is 4.79 Å². The Morgan fingerprint density at radius 2 is 1.81 bits per heavy atom. The zero-order chi connectivity index (χ0) is 30.3. The third-order valence-corrected chi connectivity index (χ3v) is 9.04. The summed E-state index contributed by atoms with van der Waals surface area (Å²) in [5.74, 6) is -0.816. The molecule has 2 N–H and O–H groups in total. The van der Waals surface area contributed by atoms with E-state index in [0.717, 1.165) is 18.5 Å². The van der Waals surface area contributed by atoms with E-state index in [-0.39, 0.29) is 37.4 Å². The van der Waals surface area contributed by atoms with E-state index in [9.17, 15) is 19.5 Å². The highest BCUT2D eigenvalue weighted by Gasteiger charge is 2.59. The van der Waals surface area contributed by atoms with E-state index in [1.165, 1.54) is 17.5 Å². The van der Waals surface area contributed by atoms with Crippen molar-refractivity contribution in [2.45, 2.75) is 70.6 Å². The Morgan fingerprint density at radius 3 is 2.43 bits per heavy atom. The summed E-state index contributed by atoms with van der Waals surface area (Å²) in [5.41, 5.74) is 0.503. The van der Waals surface area contributed by atoms with Gasteiger partial charge in [-0.15, -0.1) is 11.3 Å². The van der Waals surface area contributed by atoms with Gasteiger partial charge in [0.2, 0.25) is 5.91 Å². The molecule has 1 unspecified atom stereocenters. The second-order valence-electron chi connectivity index (χ2n) is 13.3. The molecule has 3 amide bonds. The largest absolute Gasteiger partial charge is 0.444 e. The number of rotatable bonds is 6. The molecule has 1 spiro atoms. The van der Waals surface area contributed by atoms with Gasteiger partial charge in [0.15, 0.2) is 0 Å². The van der Waals surface area contributed by atoms with E-state index >= 15 is 0 Å². The molecule has 228 valence electrons. The summed E-state index contributed by atoms with van der Waals surface area (Å²) in [6, 6.07) is 4.94. The Hall–Kier alpha value is -3.09. The quantitative estimate of drug-likeness (QED) is 0.516. The molecular formula is C30H41N5O6S. The van der Waals surface area contributed by atoms with Crippen LogP contribution in [0.3, 0.4) is 0 Å². The fraction of sp³-hybridized carbons (Fsp3) is 0.633. The lowest BCUT2D eigenvalue weighted by atomic mass is 9.71. The minimum absolute atomic E-state index is 0.187. The maximum atomic E-state index is 14.1. The monoisotopic (exact) mass is 599 g/mol. The first-order chi connectivity index (χ1) is 19.8. The number of pyridine rings is 1. The maximum Gasteiger partial charge on any atom is 0.410 e. The molecule has 3 saturated heterocycles. The van der Waals surface area contributed by atoms with E-state index in [2.05, 4.69) is 10.3 Å². The fourth-order valence-corrected chi connectivity index (χ4v) is 6.74. The first-order valence-electron chi connectivity index (χ1n) is 14.5. The van der Waals surface area contributed by atoms with Crippen LogP contribution < -0.4 is 5.32 Å². The van der Waals surface area contributed by atoms with Crippen molar-refractivity contribution in [1.82, 2.24) is 25.1 Å². The molecule has 0 bridgehead atoms. The van der Waals surface area contributed by atoms with E-state index in [1.807, 2.05) is 39.0 Å². The van der Waals surface area contributed by atoms with Crippen LogP contribution in [0.2, 0.25) is 0 Å². The second-order valence-corrected chi connectivity index (χ2v) is 14.2. The predicted octanol–water partition coefficient (Wildman–Crippen LogP) is 3.37. The van der Waals surface area contributed by atoms with Crippen LogP contribution in [0.1, 0.15) is 80.5 Å². The van der Waals surface area contributed by atoms with E-state index < -0.39 is 34.7 Å². The van der Waals surface area contributed by atoms with Gasteiger partial charge in [-0.1, -0.05) is 6.07 Å². The number of nitrogens with zero attached hydrogens (tertiary/aromatic N) is 4. The smallest absolute Gasteiger partial charge is 0.410 e. The molecule has 0 aromatic carbocycles. The van der Waals surface area contributed by atoms with Gasteiger partial charge in [0, 0.05) is 56.4 Å². The zero-order valence-electron chi connectivity index (χ0n) is 25.0. The van der Waals surface area contributed by atoms with Crippen molar-refractivity contribution in [3.05, 3.63) is 46.2 Å². The molecule has 2 atom stereocenters. The Kier molecular flexibility index (Phi) is 8.34. The maximum absolute atomic E-state index is 14.1. The molecule has 5 rings (SSSR count). The predicted molar refractivity (Wildman–Crippen MR) is 156 cm³/mol. The first-order valence-corrected chi connectivity index (χ1v) is 15.4. The number of amides is 3. The Bertz CT molecular complexity index is 1290. The number of carbonyl (C=O) groups is 3. The van der Waals surface area contributed by atoms with Crippen molar-refractivity contribution < 1.29 is 29.0 Å². The summed E-state index contributed by atoms with van der Waals surface area (Å²) in [4.78, 5) is 52.8. The van der Waals surface area contributed by atoms with Gasteiger partial charge < -0.3 is 29.7 Å². The van der Waals surface area contributed by atoms with E-state index in [4.69, 9.17) is 14.5 Å². The lowest BCUT2D eigenvalue weighted by Crippen LogP contribution is -2.65. The molecule has 5 heterocycles. The van der Waals surface area contributed by atoms with Gasteiger partial charge in [-0.25, -0.2) is 4.79 Å². The third-order valence-electron chi connectivity index (χ3n) is 8.28. The standard InChI is InChI=1S/C30H41N5O6S/c1-28(2,3)41-27(38)35-16-30(17-35)15-34(26(37)23-13-31-18-42-23)14-20(30)25(36)33-24(29(4,5)39)22-8-6-7-21(32-22)19-9-11-40-12-10-19/h6-8,13,18-20,24,39H,9-12,14-17H2,1-5H3,(H,33,36)/t20-,24?/m0/s1. The van der Waals surface area contributed by atoms with Crippen molar-refractivity contribution in [2.24, 2.45) is 11.3 Å². The highest BCUT2D eigenvalue weighted by molar-refractivity contribution is 7.11. The topological polar surface area (TPSA) is 134 Å². The summed E-state index contributed by atoms with van der Waals surface area (Å²) >= 11 is 1.25. The minimum Gasteiger partial charge on any atom is -0.444 e. The highest BCUT2D eigenvalue weighted by Crippen LogP contribution is 2.45. The van der Waals surface area contributed by atoms with Gasteiger partial charge in [-0.3, -0.25) is 19.6 Å². The van der Waals surface area contributed by atoms with Crippen molar-refractivity contribution in [1.29, 1.82) is 0 Å². The molecular weight excluding hydrogens is 558 g/mol. The van der Waals surface area contributed by atoms with Crippen LogP contribution in [-0.2, 0) is 14.3 Å². The number of aromatic nitrogens is 2. The number of nitrogens with one attached hydrogen (secondary N) is 1. The second kappa shape index (κ2) is 11.5. The number of hydrogen-bond acceptors (Lipinski definition) is 9. The van der Waals surface area contributed by atoms with Crippen molar-refractivity contribution >= 4 is 29.2 Å². The molecule has 3 aliphatic heterocycles. The molecule has 42 heavy (non-hydrogen) atoms. The average molecular weight is 600 g/mol. The molecule has 11 nitrogen and oxygen atoms in total. The van der Waals surface area contributed by atoms with Crippen molar-refractivity contribution in [3.8, 4) is 0 Å². The van der Waals surface area contributed by atoms with Gasteiger partial charge >= 0.3 is 6.09 Å². The number of thiazole rings is 1. The van der Waals surface area contributed by atoms with Crippen LogP contribution in [-0.4, -0.2) is 93.4 Å². The molecule has 3 fully saturated rings. The summed E-state index contributed by atoms with van der Waals surface area (Å²) in [6.45, 7) is 11.2. The number of aliphatic hydroxyl groups is 1. The number of carbonyl (C=O) groups excluding carboxylic acids is 3.